The van der Waals surface area contributed by atoms with Crippen molar-refractivity contribution in [3.63, 3.8) is 0 Å². The summed E-state index contributed by atoms with van der Waals surface area (Å²) in [6.45, 7) is 0. The number of aromatic nitrogens is 2. The van der Waals surface area contributed by atoms with E-state index < -0.39 is 5.54 Å². The molecule has 1 aromatic heterocycles. The van der Waals surface area contributed by atoms with E-state index in [0.717, 1.165) is 31.2 Å². The number of thioether (sulfide) groups is 2. The van der Waals surface area contributed by atoms with Gasteiger partial charge in [-0.15, -0.1) is 35.9 Å². The second-order valence-corrected chi connectivity index (χ2v) is 8.71. The molecule has 7 heteroatoms. The predicted octanol–water partition coefficient (Wildman–Crippen LogP) is 4.37. The van der Waals surface area contributed by atoms with Crippen LogP contribution < -0.4 is 5.73 Å². The molecule has 1 aliphatic heterocycles. The van der Waals surface area contributed by atoms with Gasteiger partial charge in [0.15, 0.2) is 5.82 Å². The zero-order valence-corrected chi connectivity index (χ0v) is 15.2. The first kappa shape index (κ1) is 17.1. The van der Waals surface area contributed by atoms with Gasteiger partial charge in [-0.1, -0.05) is 30.1 Å². The number of rotatable bonds is 3. The van der Waals surface area contributed by atoms with E-state index >= 15 is 0 Å². The first-order valence-electron chi connectivity index (χ1n) is 7.71. The predicted molar refractivity (Wildman–Crippen MR) is 99.0 cm³/mol. The largest absolute Gasteiger partial charge is 0.334 e. The Morgan fingerprint density at radius 1 is 1.09 bits per heavy atom. The van der Waals surface area contributed by atoms with Crippen molar-refractivity contribution in [2.75, 3.05) is 11.5 Å². The minimum atomic E-state index is -0.390. The quantitative estimate of drug-likeness (QED) is 0.866. The van der Waals surface area contributed by atoms with Crippen molar-refractivity contribution in [3.05, 3.63) is 35.7 Å². The van der Waals surface area contributed by atoms with E-state index in [0.29, 0.717) is 16.3 Å². The molecule has 23 heavy (non-hydrogen) atoms. The summed E-state index contributed by atoms with van der Waals surface area (Å²) in [5.74, 6) is 3.71. The van der Waals surface area contributed by atoms with Crippen molar-refractivity contribution < 1.29 is 4.52 Å². The fourth-order valence-corrected chi connectivity index (χ4v) is 5.97. The molecule has 4 rings (SSSR count). The van der Waals surface area contributed by atoms with Gasteiger partial charge in [-0.3, -0.25) is 0 Å². The second kappa shape index (κ2) is 7.05. The molecule has 1 saturated heterocycles. The average molecular weight is 370 g/mol. The lowest BCUT2D eigenvalue weighted by molar-refractivity contribution is 0.372. The maximum Gasteiger partial charge on any atom is 0.257 e. The summed E-state index contributed by atoms with van der Waals surface area (Å²) < 4.78 is 6.01. The van der Waals surface area contributed by atoms with E-state index in [1.807, 2.05) is 23.5 Å². The third kappa shape index (κ3) is 3.40. The summed E-state index contributed by atoms with van der Waals surface area (Å²) in [6, 6.07) is 8.49. The van der Waals surface area contributed by atoms with Gasteiger partial charge in [-0.05, 0) is 30.5 Å². The Hall–Kier alpha value is -0.690. The van der Waals surface area contributed by atoms with Gasteiger partial charge in [-0.2, -0.15) is 4.98 Å². The van der Waals surface area contributed by atoms with Crippen molar-refractivity contribution >= 4 is 35.9 Å². The molecule has 2 N–H and O–H groups in total. The number of hydrogen-bond acceptors (Lipinski definition) is 6. The lowest BCUT2D eigenvalue weighted by Crippen LogP contribution is -2.34. The monoisotopic (exact) mass is 369 g/mol. The molecular formula is C16H20ClN3OS2. The molecule has 2 heterocycles. The maximum atomic E-state index is 6.39. The second-order valence-electron chi connectivity index (χ2n) is 5.98. The first-order chi connectivity index (χ1) is 10.7. The molecule has 4 nitrogen and oxygen atoms in total. The van der Waals surface area contributed by atoms with Crippen LogP contribution in [-0.4, -0.2) is 21.6 Å². The Bertz CT molecular complexity index is 650. The van der Waals surface area contributed by atoms with E-state index in [1.54, 1.807) is 0 Å². The Morgan fingerprint density at radius 2 is 1.74 bits per heavy atom. The smallest absolute Gasteiger partial charge is 0.257 e. The highest BCUT2D eigenvalue weighted by Gasteiger charge is 2.36. The number of nitrogens with zero attached hydrogens (tertiary/aromatic N) is 2. The number of hydrogen-bond donors (Lipinski definition) is 1. The Balaban J connectivity index is 0.00000156. The summed E-state index contributed by atoms with van der Waals surface area (Å²) >= 11 is 4.03. The summed E-state index contributed by atoms with van der Waals surface area (Å²) in [4.78, 5) is 4.55. The standard InChI is InChI=1S/C16H19N3OS2.ClH/c17-16(7-1-2-8-16)15-18-13(20-19-15)11-3-5-12(6-4-11)14-21-9-10-22-14;/h3-6,14H,1-2,7-10,17H2;1H. The molecule has 1 aliphatic carbocycles. The van der Waals surface area contributed by atoms with Crippen molar-refractivity contribution in [3.8, 4) is 11.5 Å². The lowest BCUT2D eigenvalue weighted by atomic mass is 9.99. The van der Waals surface area contributed by atoms with E-state index in [4.69, 9.17) is 10.3 Å². The minimum absolute atomic E-state index is 0. The lowest BCUT2D eigenvalue weighted by Gasteiger charge is -2.17. The summed E-state index contributed by atoms with van der Waals surface area (Å²) in [6.07, 6.45) is 4.18. The van der Waals surface area contributed by atoms with Crippen LogP contribution in [0, 0.1) is 0 Å². The molecule has 0 amide bonds. The SMILES string of the molecule is Cl.NC1(c2noc(-c3ccc(C4SCCS4)cc3)n2)CCCC1. The van der Waals surface area contributed by atoms with Crippen LogP contribution >= 0.6 is 35.9 Å². The van der Waals surface area contributed by atoms with Gasteiger partial charge in [0.1, 0.15) is 0 Å². The Kier molecular flexibility index (Phi) is 5.26. The highest BCUT2D eigenvalue weighted by molar-refractivity contribution is 8.19. The first-order valence-corrected chi connectivity index (χ1v) is 9.81. The van der Waals surface area contributed by atoms with Crippen LogP contribution in [0.1, 0.15) is 41.7 Å². The molecule has 0 unspecified atom stereocenters. The van der Waals surface area contributed by atoms with E-state index in [1.165, 1.54) is 17.1 Å². The average Bonchev–Trinajstić information content (AvgIpc) is 3.29. The van der Waals surface area contributed by atoms with Crippen molar-refractivity contribution in [2.24, 2.45) is 5.73 Å². The van der Waals surface area contributed by atoms with Crippen LogP contribution in [0.15, 0.2) is 28.8 Å². The van der Waals surface area contributed by atoms with Gasteiger partial charge in [-0.25, -0.2) is 0 Å². The van der Waals surface area contributed by atoms with Crippen LogP contribution in [-0.2, 0) is 5.54 Å². The number of nitrogens with two attached hydrogens (primary N) is 1. The fraction of sp³-hybridized carbons (Fsp3) is 0.500. The number of halogens is 1. The molecule has 0 radical (unpaired) electrons. The molecule has 2 fully saturated rings. The zero-order valence-electron chi connectivity index (χ0n) is 12.7. The van der Waals surface area contributed by atoms with Crippen molar-refractivity contribution in [1.82, 2.24) is 10.1 Å². The molecule has 2 aromatic rings. The zero-order chi connectivity index (χ0) is 15.0. The molecule has 0 spiro atoms. The summed E-state index contributed by atoms with van der Waals surface area (Å²) in [7, 11) is 0. The van der Waals surface area contributed by atoms with E-state index in [-0.39, 0.29) is 12.4 Å². The summed E-state index contributed by atoms with van der Waals surface area (Å²) in [5.41, 5.74) is 8.33. The third-order valence-electron chi connectivity index (χ3n) is 4.42. The van der Waals surface area contributed by atoms with Gasteiger partial charge >= 0.3 is 0 Å². The van der Waals surface area contributed by atoms with Gasteiger partial charge in [0.05, 0.1) is 10.1 Å². The molecule has 0 atom stereocenters. The number of benzene rings is 1. The third-order valence-corrected chi connectivity index (χ3v) is 7.52. The van der Waals surface area contributed by atoms with Crippen LogP contribution in [0.5, 0.6) is 0 Å². The molecule has 2 aliphatic rings. The van der Waals surface area contributed by atoms with Gasteiger partial charge in [0.25, 0.3) is 5.89 Å². The van der Waals surface area contributed by atoms with Crippen LogP contribution in [0.3, 0.4) is 0 Å². The normalized spacial score (nSPS) is 20.6. The topological polar surface area (TPSA) is 64.9 Å². The summed E-state index contributed by atoms with van der Waals surface area (Å²) in [5, 5.41) is 4.13. The molecular weight excluding hydrogens is 350 g/mol. The van der Waals surface area contributed by atoms with Gasteiger partial charge in [0, 0.05) is 17.1 Å². The van der Waals surface area contributed by atoms with Crippen LogP contribution in [0.2, 0.25) is 0 Å². The van der Waals surface area contributed by atoms with E-state index in [2.05, 4.69) is 34.4 Å². The Morgan fingerprint density at radius 3 is 2.39 bits per heavy atom. The van der Waals surface area contributed by atoms with Crippen LogP contribution in [0.25, 0.3) is 11.5 Å². The van der Waals surface area contributed by atoms with Crippen molar-refractivity contribution in [1.29, 1.82) is 0 Å². The minimum Gasteiger partial charge on any atom is -0.334 e. The van der Waals surface area contributed by atoms with Gasteiger partial charge in [0.2, 0.25) is 0 Å². The molecule has 0 bridgehead atoms. The van der Waals surface area contributed by atoms with Gasteiger partial charge < -0.3 is 10.3 Å². The fourth-order valence-electron chi connectivity index (χ4n) is 3.11. The molecule has 124 valence electrons. The van der Waals surface area contributed by atoms with E-state index in [9.17, 15) is 0 Å². The maximum absolute atomic E-state index is 6.39. The van der Waals surface area contributed by atoms with Crippen LogP contribution in [0.4, 0.5) is 0 Å². The highest BCUT2D eigenvalue weighted by atomic mass is 35.5. The molecule has 1 saturated carbocycles. The van der Waals surface area contributed by atoms with Crippen molar-refractivity contribution in [2.45, 2.75) is 35.8 Å². The highest BCUT2D eigenvalue weighted by Crippen LogP contribution is 2.45. The Labute approximate surface area is 150 Å². The molecule has 1 aromatic carbocycles.